The van der Waals surface area contributed by atoms with Crippen LogP contribution in [0.5, 0.6) is 0 Å². The maximum Gasteiger partial charge on any atom is 0.244 e. The van der Waals surface area contributed by atoms with Crippen molar-refractivity contribution >= 4 is 27.5 Å². The lowest BCUT2D eigenvalue weighted by atomic mass is 10.1. The molecule has 192 valence electrons. The van der Waals surface area contributed by atoms with E-state index in [-0.39, 0.29) is 24.9 Å². The second-order valence-corrected chi connectivity index (χ2v) is 11.5. The molecule has 0 bridgehead atoms. The lowest BCUT2D eigenvalue weighted by Gasteiger charge is -2.33. The van der Waals surface area contributed by atoms with Crippen LogP contribution in [-0.2, 0) is 26.2 Å². The van der Waals surface area contributed by atoms with Gasteiger partial charge in [0.1, 0.15) is 12.6 Å². The molecule has 0 aliphatic carbocycles. The Morgan fingerprint density at radius 2 is 1.69 bits per heavy atom. The van der Waals surface area contributed by atoms with E-state index in [1.54, 1.807) is 12.1 Å². The van der Waals surface area contributed by atoms with E-state index >= 15 is 0 Å². The molecule has 0 spiro atoms. The normalized spacial score (nSPS) is 12.3. The second kappa shape index (κ2) is 12.2. The number of carbonyl (C=O) groups is 2. The minimum absolute atomic E-state index is 0.207. The lowest BCUT2D eigenvalue weighted by molar-refractivity contribution is -0.140. The van der Waals surface area contributed by atoms with Gasteiger partial charge in [0.05, 0.1) is 11.9 Å². The topological polar surface area (TPSA) is 86.8 Å². The van der Waals surface area contributed by atoms with Gasteiger partial charge in [0.25, 0.3) is 0 Å². The third kappa shape index (κ3) is 7.82. The van der Waals surface area contributed by atoms with Gasteiger partial charge in [-0.05, 0) is 55.9 Å². The molecular weight excluding hydrogens is 462 g/mol. The zero-order chi connectivity index (χ0) is 26.3. The van der Waals surface area contributed by atoms with Gasteiger partial charge in [-0.25, -0.2) is 8.42 Å². The van der Waals surface area contributed by atoms with Gasteiger partial charge in [0.15, 0.2) is 0 Å². The Bertz CT molecular complexity index is 1140. The first kappa shape index (κ1) is 28.4. The van der Waals surface area contributed by atoms with Crippen LogP contribution < -0.4 is 9.62 Å². The molecule has 0 saturated carbocycles. The van der Waals surface area contributed by atoms with Crippen molar-refractivity contribution in [3.05, 3.63) is 64.7 Å². The van der Waals surface area contributed by atoms with Crippen LogP contribution in [0.3, 0.4) is 0 Å². The number of nitrogens with zero attached hydrogens (tertiary/aromatic N) is 2. The number of sulfonamides is 1. The molecule has 8 heteroatoms. The summed E-state index contributed by atoms with van der Waals surface area (Å²) in [5, 5.41) is 2.93. The van der Waals surface area contributed by atoms with Gasteiger partial charge in [-0.1, -0.05) is 62.7 Å². The van der Waals surface area contributed by atoms with Gasteiger partial charge < -0.3 is 10.2 Å². The highest BCUT2D eigenvalue weighted by Crippen LogP contribution is 2.25. The minimum atomic E-state index is -3.75. The predicted octanol–water partition coefficient (Wildman–Crippen LogP) is 3.96. The van der Waals surface area contributed by atoms with Crippen molar-refractivity contribution in [2.24, 2.45) is 5.92 Å². The van der Waals surface area contributed by atoms with Crippen LogP contribution >= 0.6 is 0 Å². The summed E-state index contributed by atoms with van der Waals surface area (Å²) in [6.45, 7) is 11.9. The summed E-state index contributed by atoms with van der Waals surface area (Å²) in [5.41, 5.74) is 4.11. The molecule has 2 aromatic rings. The van der Waals surface area contributed by atoms with Crippen LogP contribution in [0.25, 0.3) is 0 Å². The fourth-order valence-electron chi connectivity index (χ4n) is 3.95. The van der Waals surface area contributed by atoms with Crippen LogP contribution in [-0.4, -0.2) is 50.5 Å². The lowest BCUT2D eigenvalue weighted by Crippen LogP contribution is -2.52. The summed E-state index contributed by atoms with van der Waals surface area (Å²) in [6.07, 6.45) is 1.50. The Labute approximate surface area is 210 Å². The van der Waals surface area contributed by atoms with Crippen molar-refractivity contribution in [2.75, 3.05) is 23.7 Å². The minimum Gasteiger partial charge on any atom is -0.354 e. The molecule has 0 radical (unpaired) electrons. The van der Waals surface area contributed by atoms with Gasteiger partial charge in [-0.3, -0.25) is 13.9 Å². The van der Waals surface area contributed by atoms with Crippen molar-refractivity contribution in [3.8, 4) is 0 Å². The number of aryl methyl sites for hydroxylation is 2. The van der Waals surface area contributed by atoms with Gasteiger partial charge in [-0.15, -0.1) is 0 Å². The Morgan fingerprint density at radius 3 is 2.26 bits per heavy atom. The first-order valence-corrected chi connectivity index (χ1v) is 13.9. The van der Waals surface area contributed by atoms with Crippen LogP contribution in [0.4, 0.5) is 5.69 Å². The average molecular weight is 502 g/mol. The van der Waals surface area contributed by atoms with Gasteiger partial charge in [0, 0.05) is 13.1 Å². The van der Waals surface area contributed by atoms with Crippen molar-refractivity contribution in [2.45, 2.75) is 60.5 Å². The summed E-state index contributed by atoms with van der Waals surface area (Å²) in [4.78, 5) is 28.3. The van der Waals surface area contributed by atoms with Crippen molar-refractivity contribution in [3.63, 3.8) is 0 Å². The fourth-order valence-corrected chi connectivity index (χ4v) is 4.85. The van der Waals surface area contributed by atoms with Gasteiger partial charge in [0.2, 0.25) is 21.8 Å². The van der Waals surface area contributed by atoms with Crippen LogP contribution in [0.1, 0.15) is 49.4 Å². The zero-order valence-corrected chi connectivity index (χ0v) is 22.8. The zero-order valence-electron chi connectivity index (χ0n) is 22.0. The molecule has 35 heavy (non-hydrogen) atoms. The fraction of sp³-hybridized carbons (Fsp3) is 0.481. The molecule has 2 aromatic carbocycles. The summed E-state index contributed by atoms with van der Waals surface area (Å²) in [5.74, 6) is -0.397. The van der Waals surface area contributed by atoms with E-state index in [9.17, 15) is 18.0 Å². The van der Waals surface area contributed by atoms with Crippen molar-refractivity contribution in [1.29, 1.82) is 0 Å². The summed E-state index contributed by atoms with van der Waals surface area (Å²) >= 11 is 0. The number of amides is 2. The second-order valence-electron chi connectivity index (χ2n) is 9.56. The SMILES string of the molecule is CC[C@H](C(=O)NCC(C)C)N(Cc1cccc(C)c1)C(=O)CN(c1cccc(C)c1C)S(C)(=O)=O. The molecule has 0 aromatic heterocycles. The molecule has 0 saturated heterocycles. The Morgan fingerprint density at radius 1 is 1.03 bits per heavy atom. The third-order valence-electron chi connectivity index (χ3n) is 6.03. The highest BCUT2D eigenvalue weighted by Gasteiger charge is 2.32. The largest absolute Gasteiger partial charge is 0.354 e. The maximum atomic E-state index is 13.7. The van der Waals surface area contributed by atoms with Crippen LogP contribution in [0, 0.1) is 26.7 Å². The van der Waals surface area contributed by atoms with E-state index in [0.29, 0.717) is 18.7 Å². The highest BCUT2D eigenvalue weighted by molar-refractivity contribution is 7.92. The predicted molar refractivity (Wildman–Crippen MR) is 142 cm³/mol. The molecule has 0 unspecified atom stereocenters. The summed E-state index contributed by atoms with van der Waals surface area (Å²) in [7, 11) is -3.75. The van der Waals surface area contributed by atoms with Gasteiger partial charge >= 0.3 is 0 Å². The molecule has 2 rings (SSSR count). The van der Waals surface area contributed by atoms with Crippen LogP contribution in [0.15, 0.2) is 42.5 Å². The van der Waals surface area contributed by atoms with E-state index in [1.165, 1.54) is 4.90 Å². The molecule has 0 aliphatic heterocycles. The maximum absolute atomic E-state index is 13.7. The number of hydrogen-bond donors (Lipinski definition) is 1. The molecule has 1 atom stereocenters. The average Bonchev–Trinajstić information content (AvgIpc) is 2.77. The number of rotatable bonds is 11. The van der Waals surface area contributed by atoms with Gasteiger partial charge in [-0.2, -0.15) is 0 Å². The molecule has 0 heterocycles. The summed E-state index contributed by atoms with van der Waals surface area (Å²) < 4.78 is 26.7. The number of benzene rings is 2. The van der Waals surface area contributed by atoms with E-state index in [2.05, 4.69) is 5.32 Å². The quantitative estimate of drug-likeness (QED) is 0.505. The number of anilines is 1. The van der Waals surface area contributed by atoms with E-state index < -0.39 is 22.0 Å². The Balaban J connectivity index is 2.47. The van der Waals surface area contributed by atoms with E-state index in [1.807, 2.05) is 71.9 Å². The first-order valence-electron chi connectivity index (χ1n) is 12.0. The monoisotopic (exact) mass is 501 g/mol. The van der Waals surface area contributed by atoms with Crippen LogP contribution in [0.2, 0.25) is 0 Å². The standard InChI is InChI=1S/C27H39N3O4S/c1-8-24(27(32)28-16-19(2)3)29(17-23-13-9-11-20(4)15-23)26(31)18-30(35(7,33)34)25-14-10-12-21(5)22(25)6/h9-15,19,24H,8,16-18H2,1-7H3,(H,28,32)/t24-/m1/s1. The van der Waals surface area contributed by atoms with Crippen molar-refractivity contribution in [1.82, 2.24) is 10.2 Å². The van der Waals surface area contributed by atoms with E-state index in [4.69, 9.17) is 0 Å². The molecule has 1 N–H and O–H groups in total. The van der Waals surface area contributed by atoms with Crippen molar-refractivity contribution < 1.29 is 18.0 Å². The Hall–Kier alpha value is -2.87. The Kier molecular flexibility index (Phi) is 9.89. The molecular formula is C27H39N3O4S. The first-order chi connectivity index (χ1) is 16.3. The highest BCUT2D eigenvalue weighted by atomic mass is 32.2. The number of carbonyl (C=O) groups excluding carboxylic acids is 2. The molecule has 0 fully saturated rings. The third-order valence-corrected chi connectivity index (χ3v) is 7.16. The smallest absolute Gasteiger partial charge is 0.244 e. The molecule has 0 aliphatic rings. The number of hydrogen-bond acceptors (Lipinski definition) is 4. The molecule has 7 nitrogen and oxygen atoms in total. The van der Waals surface area contributed by atoms with E-state index in [0.717, 1.165) is 32.8 Å². The number of nitrogens with one attached hydrogen (secondary N) is 1. The molecule has 2 amide bonds. The summed E-state index contributed by atoms with van der Waals surface area (Å²) in [6, 6.07) is 12.4.